The highest BCUT2D eigenvalue weighted by atomic mass is 35.5. The summed E-state index contributed by atoms with van der Waals surface area (Å²) in [6.45, 7) is 1.25. The van der Waals surface area contributed by atoms with Crippen LogP contribution in [-0.4, -0.2) is 38.1 Å². The zero-order chi connectivity index (χ0) is 14.5. The molecular weight excluding hydrogens is 282 g/mol. The second-order valence-corrected chi connectivity index (χ2v) is 4.81. The minimum atomic E-state index is -0.488. The van der Waals surface area contributed by atoms with Gasteiger partial charge in [-0.25, -0.2) is 0 Å². The van der Waals surface area contributed by atoms with Crippen molar-refractivity contribution in [1.82, 2.24) is 10.6 Å². The highest BCUT2D eigenvalue weighted by Gasteiger charge is 2.24. The van der Waals surface area contributed by atoms with E-state index in [1.54, 1.807) is 18.2 Å². The molecule has 3 N–H and O–H groups in total. The van der Waals surface area contributed by atoms with Crippen LogP contribution in [0.1, 0.15) is 6.42 Å². The molecule has 6 nitrogen and oxygen atoms in total. The van der Waals surface area contributed by atoms with E-state index in [0.29, 0.717) is 29.5 Å². The molecule has 0 aromatic heterocycles. The van der Waals surface area contributed by atoms with Gasteiger partial charge >= 0.3 is 0 Å². The summed E-state index contributed by atoms with van der Waals surface area (Å²) < 4.78 is 5.03. The molecule has 1 fully saturated rings. The minimum absolute atomic E-state index is 0.0789. The number of piperazine rings is 1. The van der Waals surface area contributed by atoms with Gasteiger partial charge in [-0.05, 0) is 18.2 Å². The Bertz CT molecular complexity index is 522. The molecule has 1 aromatic rings. The molecule has 0 spiro atoms. The van der Waals surface area contributed by atoms with E-state index in [-0.39, 0.29) is 18.2 Å². The molecule has 2 rings (SSSR count). The van der Waals surface area contributed by atoms with Crippen LogP contribution < -0.4 is 20.7 Å². The number of anilines is 1. The van der Waals surface area contributed by atoms with Gasteiger partial charge < -0.3 is 20.7 Å². The number of benzene rings is 1. The largest absolute Gasteiger partial charge is 0.495 e. The van der Waals surface area contributed by atoms with Gasteiger partial charge in [-0.1, -0.05) is 11.6 Å². The zero-order valence-electron chi connectivity index (χ0n) is 11.0. The van der Waals surface area contributed by atoms with Crippen molar-refractivity contribution < 1.29 is 14.3 Å². The molecule has 1 aliphatic rings. The van der Waals surface area contributed by atoms with E-state index in [9.17, 15) is 9.59 Å². The van der Waals surface area contributed by atoms with Gasteiger partial charge in [-0.3, -0.25) is 9.59 Å². The topological polar surface area (TPSA) is 79.5 Å². The first-order valence-corrected chi connectivity index (χ1v) is 6.62. The number of rotatable bonds is 4. The predicted molar refractivity (Wildman–Crippen MR) is 76.1 cm³/mol. The van der Waals surface area contributed by atoms with Crippen molar-refractivity contribution in [3.63, 3.8) is 0 Å². The van der Waals surface area contributed by atoms with Gasteiger partial charge in [0.25, 0.3) is 0 Å². The van der Waals surface area contributed by atoms with Crippen LogP contribution in [0.3, 0.4) is 0 Å². The first kappa shape index (κ1) is 14.6. The molecule has 108 valence electrons. The molecule has 0 aliphatic carbocycles. The van der Waals surface area contributed by atoms with Crippen molar-refractivity contribution in [1.29, 1.82) is 0 Å². The molecule has 7 heteroatoms. The highest BCUT2D eigenvalue weighted by molar-refractivity contribution is 6.32. The second kappa shape index (κ2) is 6.58. The summed E-state index contributed by atoms with van der Waals surface area (Å²) in [6, 6.07) is 4.48. The van der Waals surface area contributed by atoms with Crippen LogP contribution >= 0.6 is 11.6 Å². The quantitative estimate of drug-likeness (QED) is 0.767. The van der Waals surface area contributed by atoms with Gasteiger partial charge in [0.2, 0.25) is 11.8 Å². The highest BCUT2D eigenvalue weighted by Crippen LogP contribution is 2.27. The Labute approximate surface area is 121 Å². The van der Waals surface area contributed by atoms with Crippen LogP contribution in [0.15, 0.2) is 18.2 Å². The number of carbonyl (C=O) groups is 2. The standard InChI is InChI=1S/C13H16ClN3O3/c1-20-11-3-2-8(6-9(11)14)17-12(18)7-10-13(19)16-5-4-15-10/h2-3,6,10,15H,4-5,7H2,1H3,(H,16,19)(H,17,18). The lowest BCUT2D eigenvalue weighted by atomic mass is 10.1. The summed E-state index contributed by atoms with van der Waals surface area (Å²) in [4.78, 5) is 23.4. The fourth-order valence-corrected chi connectivity index (χ4v) is 2.21. The van der Waals surface area contributed by atoms with Gasteiger partial charge in [0.1, 0.15) is 5.75 Å². The number of amides is 2. The third-order valence-electron chi connectivity index (χ3n) is 2.96. The van der Waals surface area contributed by atoms with Crippen LogP contribution in [0, 0.1) is 0 Å². The zero-order valence-corrected chi connectivity index (χ0v) is 11.8. The number of carbonyl (C=O) groups excluding carboxylic acids is 2. The van der Waals surface area contributed by atoms with Crippen LogP contribution in [0.4, 0.5) is 5.69 Å². The molecule has 0 radical (unpaired) electrons. The number of ether oxygens (including phenoxy) is 1. The number of hydrogen-bond acceptors (Lipinski definition) is 4. The molecule has 1 saturated heterocycles. The van der Waals surface area contributed by atoms with E-state index in [2.05, 4.69) is 16.0 Å². The first-order valence-electron chi connectivity index (χ1n) is 6.24. The average molecular weight is 298 g/mol. The molecule has 0 bridgehead atoms. The van der Waals surface area contributed by atoms with Crippen LogP contribution in [0.2, 0.25) is 5.02 Å². The Hall–Kier alpha value is -1.79. The Kier molecular flexibility index (Phi) is 4.81. The van der Waals surface area contributed by atoms with Gasteiger partial charge in [-0.15, -0.1) is 0 Å². The minimum Gasteiger partial charge on any atom is -0.495 e. The fraction of sp³-hybridized carbons (Fsp3) is 0.385. The summed E-state index contributed by atoms with van der Waals surface area (Å²) >= 11 is 5.98. The summed E-state index contributed by atoms with van der Waals surface area (Å²) in [5.74, 6) is 0.137. The SMILES string of the molecule is COc1ccc(NC(=O)CC2NCCNC2=O)cc1Cl. The number of methoxy groups -OCH3 is 1. The van der Waals surface area contributed by atoms with Crippen molar-refractivity contribution in [2.75, 3.05) is 25.5 Å². The van der Waals surface area contributed by atoms with Crippen molar-refractivity contribution in [2.24, 2.45) is 0 Å². The molecule has 1 heterocycles. The third-order valence-corrected chi connectivity index (χ3v) is 3.25. The maximum atomic E-state index is 11.9. The summed E-state index contributed by atoms with van der Waals surface area (Å²) in [6.07, 6.45) is 0.0789. The van der Waals surface area contributed by atoms with Crippen LogP contribution in [0.25, 0.3) is 0 Å². The van der Waals surface area contributed by atoms with E-state index < -0.39 is 6.04 Å². The van der Waals surface area contributed by atoms with Crippen LogP contribution in [0.5, 0.6) is 5.75 Å². The average Bonchev–Trinajstić information content (AvgIpc) is 2.41. The Morgan fingerprint density at radius 1 is 1.50 bits per heavy atom. The number of halogens is 1. The third kappa shape index (κ3) is 3.61. The number of nitrogens with one attached hydrogen (secondary N) is 3. The van der Waals surface area contributed by atoms with Gasteiger partial charge in [0, 0.05) is 18.8 Å². The smallest absolute Gasteiger partial charge is 0.237 e. The van der Waals surface area contributed by atoms with Crippen LogP contribution in [-0.2, 0) is 9.59 Å². The van der Waals surface area contributed by atoms with E-state index in [1.807, 2.05) is 0 Å². The maximum Gasteiger partial charge on any atom is 0.237 e. The fourth-order valence-electron chi connectivity index (χ4n) is 1.95. The Balaban J connectivity index is 1.94. The van der Waals surface area contributed by atoms with Crippen molar-refractivity contribution >= 4 is 29.1 Å². The molecular formula is C13H16ClN3O3. The normalized spacial score (nSPS) is 18.3. The van der Waals surface area contributed by atoms with Gasteiger partial charge in [0.05, 0.1) is 24.6 Å². The second-order valence-electron chi connectivity index (χ2n) is 4.40. The van der Waals surface area contributed by atoms with Crippen molar-refractivity contribution in [2.45, 2.75) is 12.5 Å². The van der Waals surface area contributed by atoms with Crippen molar-refractivity contribution in [3.8, 4) is 5.75 Å². The molecule has 20 heavy (non-hydrogen) atoms. The number of hydrogen-bond donors (Lipinski definition) is 3. The summed E-state index contributed by atoms with van der Waals surface area (Å²) in [5.41, 5.74) is 0.567. The van der Waals surface area contributed by atoms with E-state index in [0.717, 1.165) is 0 Å². The molecule has 1 aliphatic heterocycles. The van der Waals surface area contributed by atoms with E-state index in [1.165, 1.54) is 7.11 Å². The first-order chi connectivity index (χ1) is 9.60. The Morgan fingerprint density at radius 2 is 2.30 bits per heavy atom. The van der Waals surface area contributed by atoms with Crippen molar-refractivity contribution in [3.05, 3.63) is 23.2 Å². The maximum absolute atomic E-state index is 11.9. The molecule has 2 amide bonds. The molecule has 1 atom stereocenters. The summed E-state index contributed by atoms with van der Waals surface area (Å²) in [7, 11) is 1.52. The van der Waals surface area contributed by atoms with Gasteiger partial charge in [0.15, 0.2) is 0 Å². The Morgan fingerprint density at radius 3 is 2.95 bits per heavy atom. The molecule has 1 aromatic carbocycles. The molecule has 1 unspecified atom stereocenters. The van der Waals surface area contributed by atoms with Gasteiger partial charge in [-0.2, -0.15) is 0 Å². The lowest BCUT2D eigenvalue weighted by Crippen LogP contribution is -2.53. The lowest BCUT2D eigenvalue weighted by Gasteiger charge is -2.22. The summed E-state index contributed by atoms with van der Waals surface area (Å²) in [5, 5.41) is 8.82. The monoisotopic (exact) mass is 297 g/mol. The predicted octanol–water partition coefficient (Wildman–Crippen LogP) is 0.765. The molecule has 0 saturated carbocycles. The lowest BCUT2D eigenvalue weighted by molar-refractivity contribution is -0.127. The van der Waals surface area contributed by atoms with E-state index >= 15 is 0 Å². The van der Waals surface area contributed by atoms with E-state index in [4.69, 9.17) is 16.3 Å².